The van der Waals surface area contributed by atoms with Crippen LogP contribution in [0, 0.1) is 5.82 Å². The number of hydrogen-bond donors (Lipinski definition) is 1. The minimum Gasteiger partial charge on any atom is -0.497 e. The number of carbonyl (C=O) groups excluding carboxylic acids is 2. The molecule has 0 radical (unpaired) electrons. The van der Waals surface area contributed by atoms with Crippen molar-refractivity contribution in [3.8, 4) is 11.5 Å². The normalized spacial score (nSPS) is 18.7. The van der Waals surface area contributed by atoms with Gasteiger partial charge < -0.3 is 14.8 Å². The number of anilines is 1. The second-order valence-electron chi connectivity index (χ2n) is 8.71. The third-order valence-electron chi connectivity index (χ3n) is 6.26. The molecule has 0 saturated carbocycles. The Bertz CT molecular complexity index is 1390. The number of methoxy groups -OCH3 is 2. The quantitative estimate of drug-likeness (QED) is 0.459. The van der Waals surface area contributed by atoms with E-state index < -0.39 is 5.25 Å². The number of amidine groups is 1. The zero-order valence-corrected chi connectivity index (χ0v) is 21.6. The van der Waals surface area contributed by atoms with Gasteiger partial charge in [-0.2, -0.15) is 10.1 Å². The molecule has 10 heteroatoms. The number of rotatable bonds is 7. The van der Waals surface area contributed by atoms with Gasteiger partial charge in [-0.1, -0.05) is 23.9 Å². The van der Waals surface area contributed by atoms with Crippen molar-refractivity contribution >= 4 is 40.1 Å². The van der Waals surface area contributed by atoms with Crippen molar-refractivity contribution in [2.24, 2.45) is 10.1 Å². The Hall–Kier alpha value is -4.18. The molecule has 8 nitrogen and oxygen atoms in total. The molecule has 0 aromatic heterocycles. The van der Waals surface area contributed by atoms with Crippen LogP contribution in [0.1, 0.15) is 30.0 Å². The van der Waals surface area contributed by atoms with E-state index in [0.29, 0.717) is 23.0 Å². The van der Waals surface area contributed by atoms with Crippen LogP contribution in [0.3, 0.4) is 0 Å². The van der Waals surface area contributed by atoms with E-state index in [1.54, 1.807) is 55.6 Å². The van der Waals surface area contributed by atoms with Crippen molar-refractivity contribution in [2.45, 2.75) is 24.1 Å². The first-order chi connectivity index (χ1) is 18.4. The van der Waals surface area contributed by atoms with Gasteiger partial charge in [0.25, 0.3) is 5.91 Å². The molecule has 1 N–H and O–H groups in total. The summed E-state index contributed by atoms with van der Waals surface area (Å²) in [6.45, 7) is 0. The molecular weight excluding hydrogens is 507 g/mol. The summed E-state index contributed by atoms with van der Waals surface area (Å²) in [6.07, 6.45) is 0.501. The maximum absolute atomic E-state index is 13.6. The number of halogens is 1. The van der Waals surface area contributed by atoms with E-state index in [1.165, 1.54) is 23.9 Å². The SMILES string of the molecule is COc1ccc(NC(=O)C[C@@H]2SC(N3N=C(c4ccc(OC)cc4)C[C@@H]3c3ccc(F)cc3)=NC2=O)cc1. The van der Waals surface area contributed by atoms with E-state index in [0.717, 1.165) is 22.6 Å². The van der Waals surface area contributed by atoms with E-state index in [4.69, 9.17) is 14.6 Å². The summed E-state index contributed by atoms with van der Waals surface area (Å²) in [7, 11) is 3.17. The van der Waals surface area contributed by atoms with Crippen LogP contribution in [-0.4, -0.2) is 47.2 Å². The third-order valence-corrected chi connectivity index (χ3v) is 7.40. The number of benzene rings is 3. The molecule has 38 heavy (non-hydrogen) atoms. The lowest BCUT2D eigenvalue weighted by Crippen LogP contribution is -2.25. The van der Waals surface area contributed by atoms with Gasteiger partial charge in [0.05, 0.1) is 26.0 Å². The van der Waals surface area contributed by atoms with Gasteiger partial charge in [0.15, 0.2) is 5.17 Å². The Kier molecular flexibility index (Phi) is 7.41. The molecule has 0 saturated heterocycles. The molecule has 0 bridgehead atoms. The van der Waals surface area contributed by atoms with Crippen LogP contribution >= 0.6 is 11.8 Å². The van der Waals surface area contributed by atoms with Crippen molar-refractivity contribution in [1.29, 1.82) is 0 Å². The molecule has 2 heterocycles. The van der Waals surface area contributed by atoms with Crippen LogP contribution in [0.15, 0.2) is 82.9 Å². The maximum atomic E-state index is 13.6. The fourth-order valence-electron chi connectivity index (χ4n) is 4.25. The standard InChI is InChI=1S/C28H25FN4O4S/c1-36-21-11-5-17(6-12-21)23-15-24(18-3-7-19(29)8-4-18)33(32-23)28-31-27(35)25(38-28)16-26(34)30-20-9-13-22(37-2)14-10-20/h3-14,24-25H,15-16H2,1-2H3,(H,30,34)/t24-,25+/m1/s1. The van der Waals surface area contributed by atoms with Gasteiger partial charge in [-0.15, -0.1) is 0 Å². The van der Waals surface area contributed by atoms with E-state index in [-0.39, 0.29) is 30.1 Å². The summed E-state index contributed by atoms with van der Waals surface area (Å²) in [6, 6.07) is 20.5. The predicted octanol–water partition coefficient (Wildman–Crippen LogP) is 5.02. The smallest absolute Gasteiger partial charge is 0.262 e. The molecule has 2 aliphatic heterocycles. The van der Waals surface area contributed by atoms with E-state index in [9.17, 15) is 14.0 Å². The highest BCUT2D eigenvalue weighted by molar-refractivity contribution is 8.15. The van der Waals surface area contributed by atoms with E-state index >= 15 is 0 Å². The Labute approximate surface area is 223 Å². The molecule has 3 aromatic carbocycles. The average molecular weight is 533 g/mol. The number of hydrogen-bond acceptors (Lipinski definition) is 7. The summed E-state index contributed by atoms with van der Waals surface area (Å²) in [5, 5.41) is 9.06. The Morgan fingerprint density at radius 2 is 1.63 bits per heavy atom. The monoisotopic (exact) mass is 532 g/mol. The highest BCUT2D eigenvalue weighted by Gasteiger charge is 2.39. The van der Waals surface area contributed by atoms with Crippen LogP contribution in [0.25, 0.3) is 0 Å². The Morgan fingerprint density at radius 1 is 1.00 bits per heavy atom. The number of hydrazone groups is 1. The minimum absolute atomic E-state index is 0.0351. The van der Waals surface area contributed by atoms with Crippen molar-refractivity contribution in [3.05, 3.63) is 89.7 Å². The summed E-state index contributed by atoms with van der Waals surface area (Å²) in [5.74, 6) is 0.396. The lowest BCUT2D eigenvalue weighted by Gasteiger charge is -2.23. The minimum atomic E-state index is -0.669. The van der Waals surface area contributed by atoms with Crippen molar-refractivity contribution in [3.63, 3.8) is 0 Å². The predicted molar refractivity (Wildman–Crippen MR) is 145 cm³/mol. The van der Waals surface area contributed by atoms with Gasteiger partial charge in [-0.3, -0.25) is 9.59 Å². The van der Waals surface area contributed by atoms with Gasteiger partial charge in [0.1, 0.15) is 22.6 Å². The second kappa shape index (κ2) is 11.1. The molecule has 5 rings (SSSR count). The maximum Gasteiger partial charge on any atom is 0.262 e. The summed E-state index contributed by atoms with van der Waals surface area (Å²) in [4.78, 5) is 29.7. The number of thioether (sulfide) groups is 1. The molecule has 0 fully saturated rings. The van der Waals surface area contributed by atoms with Crippen LogP contribution in [0.2, 0.25) is 0 Å². The number of ether oxygens (including phenoxy) is 2. The zero-order valence-electron chi connectivity index (χ0n) is 20.8. The molecular formula is C28H25FN4O4S. The number of carbonyl (C=O) groups is 2. The van der Waals surface area contributed by atoms with Gasteiger partial charge in [0, 0.05) is 18.5 Å². The summed E-state index contributed by atoms with van der Waals surface area (Å²) >= 11 is 1.21. The van der Waals surface area contributed by atoms with Gasteiger partial charge in [0.2, 0.25) is 5.91 Å². The molecule has 3 aromatic rings. The molecule has 194 valence electrons. The molecule has 0 aliphatic carbocycles. The summed E-state index contributed by atoms with van der Waals surface area (Å²) < 4.78 is 24.0. The molecule has 0 spiro atoms. The second-order valence-corrected chi connectivity index (χ2v) is 9.88. The van der Waals surface area contributed by atoms with E-state index in [1.807, 2.05) is 24.3 Å². The number of nitrogens with zero attached hydrogens (tertiary/aromatic N) is 3. The van der Waals surface area contributed by atoms with Crippen molar-refractivity contribution < 1.29 is 23.5 Å². The van der Waals surface area contributed by atoms with Crippen molar-refractivity contribution in [2.75, 3.05) is 19.5 Å². The molecule has 0 unspecified atom stereocenters. The molecule has 2 aliphatic rings. The van der Waals surface area contributed by atoms with Crippen LogP contribution in [-0.2, 0) is 9.59 Å². The van der Waals surface area contributed by atoms with Gasteiger partial charge in [-0.05, 0) is 71.8 Å². The van der Waals surface area contributed by atoms with Gasteiger partial charge >= 0.3 is 0 Å². The summed E-state index contributed by atoms with van der Waals surface area (Å²) in [5.41, 5.74) is 3.16. The fraction of sp³-hybridized carbons (Fsp3) is 0.214. The topological polar surface area (TPSA) is 92.6 Å². The highest BCUT2D eigenvalue weighted by atomic mass is 32.2. The number of amides is 2. The largest absolute Gasteiger partial charge is 0.497 e. The molecule has 2 atom stereocenters. The Morgan fingerprint density at radius 3 is 2.26 bits per heavy atom. The highest BCUT2D eigenvalue weighted by Crippen LogP contribution is 2.38. The lowest BCUT2D eigenvalue weighted by atomic mass is 9.98. The Balaban J connectivity index is 1.33. The third kappa shape index (κ3) is 5.55. The van der Waals surface area contributed by atoms with Gasteiger partial charge in [-0.25, -0.2) is 9.40 Å². The van der Waals surface area contributed by atoms with Crippen LogP contribution in [0.5, 0.6) is 11.5 Å². The van der Waals surface area contributed by atoms with Crippen LogP contribution in [0.4, 0.5) is 10.1 Å². The average Bonchev–Trinajstić information content (AvgIpc) is 3.53. The first kappa shape index (κ1) is 25.5. The zero-order chi connectivity index (χ0) is 26.6. The first-order valence-corrected chi connectivity index (χ1v) is 12.8. The lowest BCUT2D eigenvalue weighted by molar-refractivity contribution is -0.121. The number of nitrogens with one attached hydrogen (secondary N) is 1. The van der Waals surface area contributed by atoms with Crippen LogP contribution < -0.4 is 14.8 Å². The van der Waals surface area contributed by atoms with Crippen molar-refractivity contribution in [1.82, 2.24) is 5.01 Å². The van der Waals surface area contributed by atoms with E-state index in [2.05, 4.69) is 10.3 Å². The first-order valence-electron chi connectivity index (χ1n) is 11.9. The fourth-order valence-corrected chi connectivity index (χ4v) is 5.31. The molecule has 2 amide bonds. The number of aliphatic imine (C=N–C) groups is 1.